The summed E-state index contributed by atoms with van der Waals surface area (Å²) < 4.78 is 5.53. The summed E-state index contributed by atoms with van der Waals surface area (Å²) in [5, 5.41) is 5.69. The molecule has 1 aliphatic rings. The zero-order valence-electron chi connectivity index (χ0n) is 19.8. The third-order valence-electron chi connectivity index (χ3n) is 5.55. The van der Waals surface area contributed by atoms with Gasteiger partial charge in [-0.25, -0.2) is 4.98 Å². The van der Waals surface area contributed by atoms with Crippen molar-refractivity contribution in [3.05, 3.63) is 29.2 Å². The number of aromatic nitrogens is 3. The van der Waals surface area contributed by atoms with Gasteiger partial charge in [0.2, 0.25) is 17.8 Å². The zero-order valence-corrected chi connectivity index (χ0v) is 19.8. The van der Waals surface area contributed by atoms with Gasteiger partial charge in [-0.3, -0.25) is 14.6 Å². The summed E-state index contributed by atoms with van der Waals surface area (Å²) in [7, 11) is 5.57. The van der Waals surface area contributed by atoms with E-state index in [0.717, 1.165) is 29.8 Å². The fourth-order valence-corrected chi connectivity index (χ4v) is 3.85. The maximum absolute atomic E-state index is 13.0. The minimum Gasteiger partial charge on any atom is -0.496 e. The van der Waals surface area contributed by atoms with Gasteiger partial charge in [-0.1, -0.05) is 0 Å². The number of rotatable bonds is 9. The Labute approximate surface area is 193 Å². The number of amides is 2. The molecule has 178 valence electrons. The molecular formula is C22H32N8O3. The van der Waals surface area contributed by atoms with Gasteiger partial charge in [0.15, 0.2) is 5.82 Å². The summed E-state index contributed by atoms with van der Waals surface area (Å²) in [6.07, 6.45) is 3.99. The first kappa shape index (κ1) is 24.2. The maximum atomic E-state index is 13.0. The molecule has 0 saturated carbocycles. The second kappa shape index (κ2) is 10.4. The molecular weight excluding hydrogens is 424 g/mol. The molecule has 0 radical (unpaired) electrons. The molecule has 33 heavy (non-hydrogen) atoms. The summed E-state index contributed by atoms with van der Waals surface area (Å²) in [6, 6.07) is -0.783. The lowest BCUT2D eigenvalue weighted by atomic mass is 10.0. The Morgan fingerprint density at radius 1 is 1.30 bits per heavy atom. The number of hydrogen-bond donors (Lipinski definition) is 3. The molecule has 1 atom stereocenters. The van der Waals surface area contributed by atoms with Crippen molar-refractivity contribution < 1.29 is 14.3 Å². The summed E-state index contributed by atoms with van der Waals surface area (Å²) >= 11 is 0. The van der Waals surface area contributed by atoms with Crippen LogP contribution in [0, 0.1) is 13.8 Å². The first-order chi connectivity index (χ1) is 15.7. The second-order valence-electron chi connectivity index (χ2n) is 8.36. The summed E-state index contributed by atoms with van der Waals surface area (Å²) in [5.74, 6) is 0.742. The van der Waals surface area contributed by atoms with E-state index in [9.17, 15) is 9.59 Å². The van der Waals surface area contributed by atoms with Crippen LogP contribution in [0.2, 0.25) is 0 Å². The maximum Gasteiger partial charge on any atom is 0.247 e. The van der Waals surface area contributed by atoms with Crippen LogP contribution in [0.1, 0.15) is 29.7 Å². The minimum absolute atomic E-state index is 0.0286. The van der Waals surface area contributed by atoms with Crippen LogP contribution in [0.25, 0.3) is 0 Å². The fourth-order valence-electron chi connectivity index (χ4n) is 3.85. The standard InChI is InChI=1S/C22H32N8O3/c1-13-10-25-16(14(2)19(13)33-5)12-30-17(9-18(31)24-7-6-8-29(3)4)21(32)27-15-11-26-22(23)28-20(15)30/h10-11,17H,6-9,12H2,1-5H3,(H,24,31)(H,27,32)(H2,23,26,28)/t17-/m1/s1. The number of ether oxygens (including phenoxy) is 1. The highest BCUT2D eigenvalue weighted by Crippen LogP contribution is 2.34. The summed E-state index contributed by atoms with van der Waals surface area (Å²) in [4.78, 5) is 42.4. The van der Waals surface area contributed by atoms with E-state index in [1.807, 2.05) is 27.9 Å². The highest BCUT2D eigenvalue weighted by molar-refractivity contribution is 6.04. The summed E-state index contributed by atoms with van der Waals surface area (Å²) in [6.45, 7) is 5.48. The lowest BCUT2D eigenvalue weighted by molar-refractivity contribution is -0.125. The van der Waals surface area contributed by atoms with Crippen LogP contribution >= 0.6 is 0 Å². The van der Waals surface area contributed by atoms with Crippen molar-refractivity contribution in [2.75, 3.05) is 50.2 Å². The van der Waals surface area contributed by atoms with Gasteiger partial charge in [-0.15, -0.1) is 0 Å². The van der Waals surface area contributed by atoms with Crippen LogP contribution in [0.5, 0.6) is 5.75 Å². The number of anilines is 3. The van der Waals surface area contributed by atoms with Crippen LogP contribution in [-0.2, 0) is 16.1 Å². The third kappa shape index (κ3) is 5.67. The predicted octanol–water partition coefficient (Wildman–Crippen LogP) is 0.865. The number of carbonyl (C=O) groups is 2. The van der Waals surface area contributed by atoms with Gasteiger partial charge in [0.05, 0.1) is 32.0 Å². The Morgan fingerprint density at radius 2 is 2.06 bits per heavy atom. The van der Waals surface area contributed by atoms with E-state index < -0.39 is 6.04 Å². The smallest absolute Gasteiger partial charge is 0.247 e. The monoisotopic (exact) mass is 456 g/mol. The van der Waals surface area contributed by atoms with Crippen molar-refractivity contribution in [2.24, 2.45) is 0 Å². The largest absolute Gasteiger partial charge is 0.496 e. The normalized spacial score (nSPS) is 15.3. The molecule has 1 aliphatic heterocycles. The van der Waals surface area contributed by atoms with E-state index in [4.69, 9.17) is 10.5 Å². The Hall–Kier alpha value is -3.47. The molecule has 2 aromatic heterocycles. The lowest BCUT2D eigenvalue weighted by Gasteiger charge is -2.36. The van der Waals surface area contributed by atoms with Crippen LogP contribution < -0.4 is 26.0 Å². The molecule has 0 bridgehead atoms. The van der Waals surface area contributed by atoms with Crippen LogP contribution in [0.15, 0.2) is 12.4 Å². The van der Waals surface area contributed by atoms with Gasteiger partial charge < -0.3 is 30.9 Å². The van der Waals surface area contributed by atoms with Gasteiger partial charge in [-0.05, 0) is 40.9 Å². The lowest BCUT2D eigenvalue weighted by Crippen LogP contribution is -2.50. The van der Waals surface area contributed by atoms with Crippen molar-refractivity contribution in [3.63, 3.8) is 0 Å². The number of nitrogens with one attached hydrogen (secondary N) is 2. The van der Waals surface area contributed by atoms with Crippen LogP contribution in [-0.4, -0.2) is 72.0 Å². The average molecular weight is 457 g/mol. The zero-order chi connectivity index (χ0) is 24.1. The number of methoxy groups -OCH3 is 1. The highest BCUT2D eigenvalue weighted by Gasteiger charge is 2.36. The van der Waals surface area contributed by atoms with E-state index in [1.165, 1.54) is 6.20 Å². The highest BCUT2D eigenvalue weighted by atomic mass is 16.5. The molecule has 0 unspecified atom stereocenters. The van der Waals surface area contributed by atoms with Gasteiger partial charge in [0.1, 0.15) is 17.5 Å². The Kier molecular flexibility index (Phi) is 7.64. The second-order valence-corrected chi connectivity index (χ2v) is 8.36. The predicted molar refractivity (Wildman–Crippen MR) is 126 cm³/mol. The van der Waals surface area contributed by atoms with Gasteiger partial charge in [0.25, 0.3) is 0 Å². The molecule has 2 aromatic rings. The van der Waals surface area contributed by atoms with E-state index in [1.54, 1.807) is 18.2 Å². The third-order valence-corrected chi connectivity index (χ3v) is 5.55. The molecule has 0 aliphatic carbocycles. The van der Waals surface area contributed by atoms with Crippen molar-refractivity contribution in [3.8, 4) is 5.75 Å². The van der Waals surface area contributed by atoms with Crippen molar-refractivity contribution >= 4 is 29.3 Å². The molecule has 0 aromatic carbocycles. The Morgan fingerprint density at radius 3 is 2.76 bits per heavy atom. The first-order valence-electron chi connectivity index (χ1n) is 10.8. The molecule has 0 saturated heterocycles. The average Bonchev–Trinajstić information content (AvgIpc) is 2.76. The van der Waals surface area contributed by atoms with Crippen molar-refractivity contribution in [1.29, 1.82) is 0 Å². The minimum atomic E-state index is -0.783. The number of nitrogens with zero attached hydrogens (tertiary/aromatic N) is 5. The molecule has 3 heterocycles. The number of nitrogen functional groups attached to an aromatic ring is 1. The van der Waals surface area contributed by atoms with E-state index in [2.05, 4.69) is 30.5 Å². The Bertz CT molecular complexity index is 1030. The molecule has 11 heteroatoms. The van der Waals surface area contributed by atoms with Gasteiger partial charge in [-0.2, -0.15) is 4.98 Å². The number of nitrogens with two attached hydrogens (primary N) is 1. The number of pyridine rings is 1. The number of carbonyl (C=O) groups excluding carboxylic acids is 2. The SMILES string of the molecule is COc1c(C)cnc(CN2c3nc(N)ncc3NC(=O)[C@H]2CC(=O)NCCCN(C)C)c1C. The Balaban J connectivity index is 1.88. The molecule has 11 nitrogen and oxygen atoms in total. The first-order valence-corrected chi connectivity index (χ1v) is 10.8. The van der Waals surface area contributed by atoms with Crippen LogP contribution in [0.4, 0.5) is 17.5 Å². The molecule has 0 spiro atoms. The van der Waals surface area contributed by atoms with E-state index >= 15 is 0 Å². The van der Waals surface area contributed by atoms with E-state index in [0.29, 0.717) is 23.7 Å². The van der Waals surface area contributed by atoms with Crippen molar-refractivity contribution in [1.82, 2.24) is 25.2 Å². The van der Waals surface area contributed by atoms with Crippen LogP contribution in [0.3, 0.4) is 0 Å². The molecule has 2 amide bonds. The van der Waals surface area contributed by atoms with Crippen molar-refractivity contribution in [2.45, 2.75) is 39.3 Å². The van der Waals surface area contributed by atoms with E-state index in [-0.39, 0.29) is 30.7 Å². The van der Waals surface area contributed by atoms with Gasteiger partial charge >= 0.3 is 0 Å². The summed E-state index contributed by atoms with van der Waals surface area (Å²) in [5.41, 5.74) is 8.77. The number of aryl methyl sites for hydroxylation is 1. The fraction of sp³-hybridized carbons (Fsp3) is 0.500. The molecule has 3 rings (SSSR count). The number of hydrogen-bond acceptors (Lipinski definition) is 9. The topological polar surface area (TPSA) is 139 Å². The van der Waals surface area contributed by atoms with Gasteiger partial charge in [0, 0.05) is 23.9 Å². The molecule has 4 N–H and O–H groups in total. The quantitative estimate of drug-likeness (QED) is 0.469. The number of fused-ring (bicyclic) bond motifs is 1. The molecule has 0 fully saturated rings.